The third-order valence-electron chi connectivity index (χ3n) is 3.54. The van der Waals surface area contributed by atoms with Crippen LogP contribution >= 0.6 is 0 Å². The number of rotatable bonds is 4. The predicted molar refractivity (Wildman–Crippen MR) is 111 cm³/mol. The maximum Gasteiger partial charge on any atom is 4.00 e. The summed E-state index contributed by atoms with van der Waals surface area (Å²) in [4.78, 5) is 0. The molecule has 0 radical (unpaired) electrons. The molecular weight excluding hydrogens is 478 g/mol. The number of nitrogens with zero attached hydrogens (tertiary/aromatic N) is 2. The van der Waals surface area contributed by atoms with Gasteiger partial charge in [0.05, 0.1) is 0 Å². The molecule has 5 heteroatoms. The van der Waals surface area contributed by atoms with Gasteiger partial charge in [0.2, 0.25) is 0 Å². The zero-order valence-corrected chi connectivity index (χ0v) is 19.7. The summed E-state index contributed by atoms with van der Waals surface area (Å²) in [7, 11) is 0. The quantitative estimate of drug-likeness (QED) is 0.412. The molecule has 0 atom stereocenters. The number of halogens is 2. The minimum Gasteiger partial charge on any atom is -1.00 e. The van der Waals surface area contributed by atoms with E-state index in [1.165, 1.54) is 0 Å². The number of hydrogen-bond donors (Lipinski definition) is 0. The van der Waals surface area contributed by atoms with Gasteiger partial charge in [0.15, 0.2) is 0 Å². The second-order valence-electron chi connectivity index (χ2n) is 5.57. The molecule has 0 aliphatic heterocycles. The van der Waals surface area contributed by atoms with Crippen molar-refractivity contribution in [2.24, 2.45) is 0 Å². The largest absolute Gasteiger partial charge is 4.00 e. The molecule has 4 aromatic rings. The molecule has 0 aromatic heterocycles. The molecule has 0 N–H and O–H groups in total. The summed E-state index contributed by atoms with van der Waals surface area (Å²) in [6.45, 7) is 0. The van der Waals surface area contributed by atoms with E-state index in [9.17, 15) is 0 Å². The van der Waals surface area contributed by atoms with E-state index in [4.69, 9.17) is 0 Å². The van der Waals surface area contributed by atoms with Gasteiger partial charge in [-0.05, 0) is 0 Å². The summed E-state index contributed by atoms with van der Waals surface area (Å²) in [6.07, 6.45) is 0. The third kappa shape index (κ3) is 10.3. The minimum absolute atomic E-state index is 0. The van der Waals surface area contributed by atoms with Crippen LogP contribution in [0.1, 0.15) is 0 Å². The first-order valence-corrected chi connectivity index (χ1v) is 8.54. The molecule has 2 nitrogen and oxygen atoms in total. The van der Waals surface area contributed by atoms with Gasteiger partial charge in [-0.3, -0.25) is 0 Å². The predicted octanol–water partition coefficient (Wildman–Crippen LogP) is 2.05. The van der Waals surface area contributed by atoms with Crippen LogP contribution in [0.2, 0.25) is 0 Å². The van der Waals surface area contributed by atoms with Gasteiger partial charge in [0.1, 0.15) is 0 Å². The van der Waals surface area contributed by atoms with E-state index >= 15 is 0 Å². The van der Waals surface area contributed by atoms with Crippen LogP contribution in [0, 0.1) is 0 Å². The van der Waals surface area contributed by atoms with Gasteiger partial charge < -0.3 is 35.4 Å². The molecule has 4 rings (SSSR count). The van der Waals surface area contributed by atoms with E-state index in [1.807, 2.05) is 121 Å². The van der Waals surface area contributed by atoms with Crippen LogP contribution in [0.5, 0.6) is 0 Å². The molecule has 0 saturated heterocycles. The van der Waals surface area contributed by atoms with E-state index in [0.29, 0.717) is 0 Å². The Hall–Kier alpha value is -2.06. The third-order valence-corrected chi connectivity index (χ3v) is 3.54. The van der Waals surface area contributed by atoms with Crippen LogP contribution in [-0.4, -0.2) is 0 Å². The molecule has 4 aromatic carbocycles. The summed E-state index contributed by atoms with van der Waals surface area (Å²) < 4.78 is 0. The Kier molecular flexibility index (Phi) is 14.7. The Morgan fingerprint density at radius 2 is 0.483 bits per heavy atom. The molecule has 0 amide bonds. The fourth-order valence-electron chi connectivity index (χ4n) is 2.31. The Labute approximate surface area is 204 Å². The second kappa shape index (κ2) is 15.8. The topological polar surface area (TPSA) is 28.2 Å². The van der Waals surface area contributed by atoms with Crippen LogP contribution in [0.3, 0.4) is 0 Å². The Morgan fingerprint density at radius 1 is 0.310 bits per heavy atom. The molecular formula is C24H20Cl2N2Zr. The molecule has 29 heavy (non-hydrogen) atoms. The molecule has 144 valence electrons. The van der Waals surface area contributed by atoms with E-state index in [0.717, 1.165) is 22.7 Å². The smallest absolute Gasteiger partial charge is 1.00 e. The van der Waals surface area contributed by atoms with Crippen LogP contribution < -0.4 is 24.8 Å². The standard InChI is InChI=1S/2C12H10N.2ClH.Zr/c2*1-3-7-11(8-4-1)13-12-9-5-2-6-10-12;;;/h2*1-10H;2*1H;/q2*-1;;;+4/p-2. The summed E-state index contributed by atoms with van der Waals surface area (Å²) in [6, 6.07) is 39.8. The normalized spacial score (nSPS) is 8.55. The minimum atomic E-state index is 0. The van der Waals surface area contributed by atoms with Crippen LogP contribution in [-0.2, 0) is 26.2 Å². The van der Waals surface area contributed by atoms with E-state index in [-0.39, 0.29) is 51.0 Å². The first-order chi connectivity index (χ1) is 12.9. The maximum absolute atomic E-state index is 4.44. The average molecular weight is 499 g/mol. The van der Waals surface area contributed by atoms with Crippen molar-refractivity contribution in [1.29, 1.82) is 0 Å². The summed E-state index contributed by atoms with van der Waals surface area (Å²) in [5, 5.41) is 8.88. The zero-order chi connectivity index (χ0) is 17.9. The number of hydrogen-bond acceptors (Lipinski definition) is 0. The first-order valence-electron chi connectivity index (χ1n) is 8.54. The molecule has 0 bridgehead atoms. The van der Waals surface area contributed by atoms with E-state index in [2.05, 4.69) is 10.6 Å². The van der Waals surface area contributed by atoms with Crippen molar-refractivity contribution in [2.75, 3.05) is 0 Å². The van der Waals surface area contributed by atoms with Crippen molar-refractivity contribution in [2.45, 2.75) is 0 Å². The van der Waals surface area contributed by atoms with Crippen molar-refractivity contribution in [3.63, 3.8) is 0 Å². The van der Waals surface area contributed by atoms with Crippen LogP contribution in [0.4, 0.5) is 22.7 Å². The number of para-hydroxylation sites is 4. The fraction of sp³-hybridized carbons (Fsp3) is 0. The van der Waals surface area contributed by atoms with E-state index < -0.39 is 0 Å². The maximum atomic E-state index is 4.44. The zero-order valence-electron chi connectivity index (χ0n) is 15.7. The van der Waals surface area contributed by atoms with Crippen molar-refractivity contribution in [3.8, 4) is 0 Å². The van der Waals surface area contributed by atoms with Gasteiger partial charge in [-0.15, -0.1) is 22.7 Å². The SMILES string of the molecule is [Cl-].[Cl-].[Zr+4].c1ccc([N-]c2ccccc2)cc1.c1ccc([N-]c2ccccc2)cc1. The Morgan fingerprint density at radius 3 is 0.655 bits per heavy atom. The molecule has 0 aliphatic carbocycles. The molecule has 0 heterocycles. The van der Waals surface area contributed by atoms with Crippen molar-refractivity contribution >= 4 is 22.7 Å². The van der Waals surface area contributed by atoms with Crippen LogP contribution in [0.25, 0.3) is 10.6 Å². The van der Waals surface area contributed by atoms with Gasteiger partial charge in [-0.1, -0.05) is 121 Å². The number of benzene rings is 4. The molecule has 0 unspecified atom stereocenters. The summed E-state index contributed by atoms with van der Waals surface area (Å²) in [5.74, 6) is 0. The second-order valence-corrected chi connectivity index (χ2v) is 5.57. The van der Waals surface area contributed by atoms with Gasteiger partial charge in [-0.2, -0.15) is 0 Å². The summed E-state index contributed by atoms with van der Waals surface area (Å²) >= 11 is 0. The summed E-state index contributed by atoms with van der Waals surface area (Å²) in [5.41, 5.74) is 3.98. The Balaban J connectivity index is 0.000000490. The van der Waals surface area contributed by atoms with Gasteiger partial charge in [0.25, 0.3) is 0 Å². The van der Waals surface area contributed by atoms with Gasteiger partial charge >= 0.3 is 26.2 Å². The van der Waals surface area contributed by atoms with Gasteiger partial charge in [0, 0.05) is 0 Å². The van der Waals surface area contributed by atoms with Crippen LogP contribution in [0.15, 0.2) is 121 Å². The first kappa shape index (κ1) is 26.9. The molecule has 0 spiro atoms. The van der Waals surface area contributed by atoms with E-state index in [1.54, 1.807) is 0 Å². The Bertz CT molecular complexity index is 725. The van der Waals surface area contributed by atoms with Gasteiger partial charge in [-0.25, -0.2) is 0 Å². The molecule has 0 aliphatic rings. The molecule has 0 fully saturated rings. The average Bonchev–Trinajstić information content (AvgIpc) is 2.72. The fourth-order valence-corrected chi connectivity index (χ4v) is 2.31. The monoisotopic (exact) mass is 496 g/mol. The molecule has 0 saturated carbocycles. The van der Waals surface area contributed by atoms with Crippen molar-refractivity contribution in [1.82, 2.24) is 0 Å². The van der Waals surface area contributed by atoms with Crippen molar-refractivity contribution < 1.29 is 51.0 Å². The van der Waals surface area contributed by atoms with Crippen molar-refractivity contribution in [3.05, 3.63) is 132 Å².